The van der Waals surface area contributed by atoms with Gasteiger partial charge in [-0.2, -0.15) is 18.4 Å². The first-order chi connectivity index (χ1) is 8.79. The Kier molecular flexibility index (Phi) is 4.61. The van der Waals surface area contributed by atoms with Gasteiger partial charge in [0.05, 0.1) is 21.9 Å². The van der Waals surface area contributed by atoms with E-state index in [1.807, 2.05) is 0 Å². The minimum absolute atomic E-state index is 0.206. The molecule has 0 spiro atoms. The standard InChI is InChI=1S/C10H8F3N3O2S/c1-15-8(18)4-19-9-5(3-14)6(10(11,12)13)2-7(17)16-9/h2H,4H2,1H3,(H,15,18)(H,16,17). The predicted octanol–water partition coefficient (Wildman–Crippen LogP) is 1.10. The van der Waals surface area contributed by atoms with Crippen molar-refractivity contribution in [1.82, 2.24) is 10.3 Å². The van der Waals surface area contributed by atoms with Crippen LogP contribution in [0.15, 0.2) is 15.9 Å². The third-order valence-electron chi connectivity index (χ3n) is 2.05. The number of thioether (sulfide) groups is 1. The van der Waals surface area contributed by atoms with Crippen molar-refractivity contribution in [3.8, 4) is 6.07 Å². The summed E-state index contributed by atoms with van der Waals surface area (Å²) in [5.74, 6) is -0.644. The van der Waals surface area contributed by atoms with Crippen LogP contribution in [0.1, 0.15) is 11.1 Å². The van der Waals surface area contributed by atoms with E-state index >= 15 is 0 Å². The maximum atomic E-state index is 12.7. The van der Waals surface area contributed by atoms with Gasteiger partial charge in [0, 0.05) is 13.1 Å². The number of nitrogens with zero attached hydrogens (tertiary/aromatic N) is 1. The van der Waals surface area contributed by atoms with E-state index in [9.17, 15) is 22.8 Å². The molecule has 1 rings (SSSR count). The Morgan fingerprint density at radius 2 is 2.21 bits per heavy atom. The monoisotopic (exact) mass is 291 g/mol. The van der Waals surface area contributed by atoms with Crippen LogP contribution in [-0.2, 0) is 11.0 Å². The molecule has 9 heteroatoms. The number of carbonyl (C=O) groups excluding carboxylic acids is 1. The largest absolute Gasteiger partial charge is 0.417 e. The Bertz CT molecular complexity index is 589. The number of carbonyl (C=O) groups is 1. The fourth-order valence-corrected chi connectivity index (χ4v) is 2.08. The van der Waals surface area contributed by atoms with E-state index in [0.29, 0.717) is 17.8 Å². The van der Waals surface area contributed by atoms with Gasteiger partial charge in [-0.3, -0.25) is 9.59 Å². The molecule has 0 saturated heterocycles. The number of H-pyrrole nitrogens is 1. The number of halogens is 3. The van der Waals surface area contributed by atoms with Gasteiger partial charge in [-0.1, -0.05) is 11.8 Å². The van der Waals surface area contributed by atoms with Gasteiger partial charge in [-0.05, 0) is 0 Å². The molecule has 5 nitrogen and oxygen atoms in total. The lowest BCUT2D eigenvalue weighted by Crippen LogP contribution is -2.21. The van der Waals surface area contributed by atoms with Gasteiger partial charge in [0.2, 0.25) is 11.5 Å². The first-order valence-corrected chi connectivity index (χ1v) is 5.86. The van der Waals surface area contributed by atoms with Crippen molar-refractivity contribution in [2.75, 3.05) is 12.8 Å². The molecule has 19 heavy (non-hydrogen) atoms. The van der Waals surface area contributed by atoms with Gasteiger partial charge < -0.3 is 10.3 Å². The van der Waals surface area contributed by atoms with Crippen LogP contribution in [0.5, 0.6) is 0 Å². The predicted molar refractivity (Wildman–Crippen MR) is 61.6 cm³/mol. The van der Waals surface area contributed by atoms with Crippen molar-refractivity contribution < 1.29 is 18.0 Å². The fourth-order valence-electron chi connectivity index (χ4n) is 1.19. The van der Waals surface area contributed by atoms with Crippen LogP contribution in [0.2, 0.25) is 0 Å². The van der Waals surface area contributed by atoms with E-state index in [4.69, 9.17) is 5.26 Å². The molecule has 1 aromatic rings. The van der Waals surface area contributed by atoms with Crippen molar-refractivity contribution in [3.63, 3.8) is 0 Å². The molecule has 0 radical (unpaired) electrons. The molecule has 1 aromatic heterocycles. The highest BCUT2D eigenvalue weighted by atomic mass is 32.2. The number of hydrogen-bond donors (Lipinski definition) is 2. The molecule has 0 aliphatic heterocycles. The first kappa shape index (κ1) is 15.1. The lowest BCUT2D eigenvalue weighted by atomic mass is 10.1. The second-order valence-corrected chi connectivity index (χ2v) is 4.31. The summed E-state index contributed by atoms with van der Waals surface area (Å²) in [7, 11) is 1.36. The number of hydrogen-bond acceptors (Lipinski definition) is 4. The topological polar surface area (TPSA) is 85.8 Å². The number of amides is 1. The Morgan fingerprint density at radius 1 is 1.58 bits per heavy atom. The van der Waals surface area contributed by atoms with E-state index in [1.54, 1.807) is 0 Å². The fraction of sp³-hybridized carbons (Fsp3) is 0.300. The second-order valence-electron chi connectivity index (χ2n) is 3.32. The van der Waals surface area contributed by atoms with Crippen LogP contribution in [0.4, 0.5) is 13.2 Å². The number of aromatic amines is 1. The quantitative estimate of drug-likeness (QED) is 0.817. The Balaban J connectivity index is 3.25. The molecule has 1 amide bonds. The summed E-state index contributed by atoms with van der Waals surface area (Å²) in [6.45, 7) is 0. The summed E-state index contributed by atoms with van der Waals surface area (Å²) in [5.41, 5.74) is -2.98. The lowest BCUT2D eigenvalue weighted by molar-refractivity contribution is -0.138. The maximum Gasteiger partial charge on any atom is 0.417 e. The van der Waals surface area contributed by atoms with Crippen LogP contribution >= 0.6 is 11.8 Å². The van der Waals surface area contributed by atoms with Crippen LogP contribution in [-0.4, -0.2) is 23.7 Å². The van der Waals surface area contributed by atoms with Gasteiger partial charge in [0.15, 0.2) is 0 Å². The van der Waals surface area contributed by atoms with Crippen LogP contribution in [0.25, 0.3) is 0 Å². The number of alkyl halides is 3. The average Bonchev–Trinajstić information content (AvgIpc) is 2.34. The third-order valence-corrected chi connectivity index (χ3v) is 3.05. The molecule has 0 aliphatic rings. The summed E-state index contributed by atoms with van der Waals surface area (Å²) < 4.78 is 38.0. The normalized spacial score (nSPS) is 10.9. The molecule has 0 unspecified atom stereocenters. The van der Waals surface area contributed by atoms with Crippen molar-refractivity contribution in [1.29, 1.82) is 5.26 Å². The first-order valence-electron chi connectivity index (χ1n) is 4.87. The van der Waals surface area contributed by atoms with Gasteiger partial charge in [0.1, 0.15) is 6.07 Å². The summed E-state index contributed by atoms with van der Waals surface area (Å²) >= 11 is 0.659. The molecule has 0 aliphatic carbocycles. The van der Waals surface area contributed by atoms with Crippen LogP contribution in [0, 0.1) is 11.3 Å². The number of pyridine rings is 1. The summed E-state index contributed by atoms with van der Waals surface area (Å²) in [6, 6.07) is 1.72. The molecular formula is C10H8F3N3O2S. The van der Waals surface area contributed by atoms with E-state index in [-0.39, 0.29) is 10.8 Å². The molecular weight excluding hydrogens is 283 g/mol. The lowest BCUT2D eigenvalue weighted by Gasteiger charge is -2.11. The molecule has 1 heterocycles. The zero-order chi connectivity index (χ0) is 14.6. The maximum absolute atomic E-state index is 12.7. The minimum atomic E-state index is -4.80. The highest BCUT2D eigenvalue weighted by Crippen LogP contribution is 2.33. The molecule has 0 atom stereocenters. The van der Waals surface area contributed by atoms with Crippen molar-refractivity contribution in [2.45, 2.75) is 11.2 Å². The van der Waals surface area contributed by atoms with Crippen LogP contribution in [0.3, 0.4) is 0 Å². The summed E-state index contributed by atoms with van der Waals surface area (Å²) in [4.78, 5) is 24.3. The second kappa shape index (κ2) is 5.79. The zero-order valence-electron chi connectivity index (χ0n) is 9.59. The number of rotatable bonds is 3. The molecule has 2 N–H and O–H groups in total. The van der Waals surface area contributed by atoms with Crippen molar-refractivity contribution in [2.24, 2.45) is 0 Å². The number of nitrogens with one attached hydrogen (secondary N) is 2. The molecule has 0 bridgehead atoms. The summed E-state index contributed by atoms with van der Waals surface area (Å²) in [5, 5.41) is 10.8. The van der Waals surface area contributed by atoms with Crippen molar-refractivity contribution >= 4 is 17.7 Å². The molecule has 0 saturated carbocycles. The highest BCUT2D eigenvalue weighted by Gasteiger charge is 2.35. The third kappa shape index (κ3) is 3.75. The van der Waals surface area contributed by atoms with Gasteiger partial charge in [-0.15, -0.1) is 0 Å². The van der Waals surface area contributed by atoms with E-state index in [1.165, 1.54) is 13.1 Å². The molecule has 0 fully saturated rings. The Morgan fingerprint density at radius 3 is 2.68 bits per heavy atom. The zero-order valence-corrected chi connectivity index (χ0v) is 10.4. The summed E-state index contributed by atoms with van der Waals surface area (Å²) in [6.07, 6.45) is -4.80. The van der Waals surface area contributed by atoms with Gasteiger partial charge in [-0.25, -0.2) is 0 Å². The Hall–Kier alpha value is -1.95. The highest BCUT2D eigenvalue weighted by molar-refractivity contribution is 8.00. The van der Waals surface area contributed by atoms with Gasteiger partial charge in [0.25, 0.3) is 0 Å². The van der Waals surface area contributed by atoms with E-state index in [0.717, 1.165) is 0 Å². The SMILES string of the molecule is CNC(=O)CSc1[nH]c(=O)cc(C(F)(F)F)c1C#N. The van der Waals surface area contributed by atoms with E-state index in [2.05, 4.69) is 10.3 Å². The number of nitriles is 1. The van der Waals surface area contributed by atoms with Gasteiger partial charge >= 0.3 is 6.18 Å². The molecule has 102 valence electrons. The van der Waals surface area contributed by atoms with Crippen molar-refractivity contribution in [3.05, 3.63) is 27.5 Å². The average molecular weight is 291 g/mol. The number of aromatic nitrogens is 1. The minimum Gasteiger partial charge on any atom is -0.358 e. The van der Waals surface area contributed by atoms with E-state index < -0.39 is 28.8 Å². The molecule has 0 aromatic carbocycles. The smallest absolute Gasteiger partial charge is 0.358 e. The van der Waals surface area contributed by atoms with Crippen LogP contribution < -0.4 is 10.9 Å². The Labute approximate surface area is 109 Å².